The third-order valence-electron chi connectivity index (χ3n) is 6.54. The van der Waals surface area contributed by atoms with Gasteiger partial charge in [0.1, 0.15) is 5.41 Å². The minimum absolute atomic E-state index is 0.0657. The highest BCUT2D eigenvalue weighted by molar-refractivity contribution is 6.26. The van der Waals surface area contributed by atoms with E-state index in [-0.39, 0.29) is 34.2 Å². The number of carboxylic acid groups (broad SMARTS) is 1. The van der Waals surface area contributed by atoms with Gasteiger partial charge in [0.05, 0.1) is 0 Å². The summed E-state index contributed by atoms with van der Waals surface area (Å²) in [5.41, 5.74) is -1.08. The molecule has 0 aromatic rings. The van der Waals surface area contributed by atoms with E-state index in [1.54, 1.807) is 13.8 Å². The number of carbonyl (C=O) groups is 3. The number of allylic oxidation sites excluding steroid dienone is 3. The van der Waals surface area contributed by atoms with E-state index < -0.39 is 22.9 Å². The molecule has 5 heteroatoms. The van der Waals surface area contributed by atoms with Crippen molar-refractivity contribution < 1.29 is 24.6 Å². The first-order valence-corrected chi connectivity index (χ1v) is 9.05. The fourth-order valence-corrected chi connectivity index (χ4v) is 5.43. The maximum absolute atomic E-state index is 13.0. The van der Waals surface area contributed by atoms with Gasteiger partial charge >= 0.3 is 5.97 Å². The summed E-state index contributed by atoms with van der Waals surface area (Å²) < 4.78 is 0. The zero-order valence-corrected chi connectivity index (χ0v) is 15.3. The predicted molar refractivity (Wildman–Crippen MR) is 92.0 cm³/mol. The molecule has 3 aliphatic carbocycles. The Morgan fingerprint density at radius 1 is 1.16 bits per heavy atom. The van der Waals surface area contributed by atoms with Crippen LogP contribution in [-0.2, 0) is 14.4 Å². The molecule has 0 aromatic heterocycles. The van der Waals surface area contributed by atoms with Crippen molar-refractivity contribution in [3.05, 3.63) is 22.5 Å². The van der Waals surface area contributed by atoms with Crippen molar-refractivity contribution in [3.63, 3.8) is 0 Å². The van der Waals surface area contributed by atoms with E-state index in [1.165, 1.54) is 0 Å². The fourth-order valence-electron chi connectivity index (χ4n) is 5.43. The Balaban J connectivity index is 2.26. The smallest absolute Gasteiger partial charge is 0.314 e. The van der Waals surface area contributed by atoms with Crippen molar-refractivity contribution in [3.8, 4) is 0 Å². The molecule has 3 rings (SSSR count). The normalized spacial score (nSPS) is 32.0. The molecule has 1 saturated carbocycles. The second-order valence-electron chi connectivity index (χ2n) is 8.64. The van der Waals surface area contributed by atoms with Gasteiger partial charge in [-0.2, -0.15) is 0 Å². The van der Waals surface area contributed by atoms with Crippen LogP contribution in [0.1, 0.15) is 59.8 Å². The number of aliphatic hydroxyl groups excluding tert-OH is 1. The minimum Gasteiger partial charge on any atom is -0.504 e. The maximum Gasteiger partial charge on any atom is 0.314 e. The van der Waals surface area contributed by atoms with Crippen LogP contribution >= 0.6 is 0 Å². The summed E-state index contributed by atoms with van der Waals surface area (Å²) >= 11 is 0. The predicted octanol–water partition coefficient (Wildman–Crippen LogP) is 3.59. The van der Waals surface area contributed by atoms with Crippen LogP contribution in [0.15, 0.2) is 22.5 Å². The van der Waals surface area contributed by atoms with Gasteiger partial charge in [0, 0.05) is 16.7 Å². The molecular weight excluding hydrogens is 320 g/mol. The van der Waals surface area contributed by atoms with Crippen molar-refractivity contribution in [2.45, 2.75) is 59.8 Å². The molecule has 0 radical (unpaired) electrons. The molecule has 25 heavy (non-hydrogen) atoms. The van der Waals surface area contributed by atoms with Crippen LogP contribution in [0.4, 0.5) is 0 Å². The summed E-state index contributed by atoms with van der Waals surface area (Å²) in [5.74, 6) is -3.09. The second kappa shape index (κ2) is 5.55. The van der Waals surface area contributed by atoms with Gasteiger partial charge in [-0.25, -0.2) is 0 Å². The molecule has 1 fully saturated rings. The number of carboxylic acids is 1. The van der Waals surface area contributed by atoms with Crippen molar-refractivity contribution in [1.82, 2.24) is 0 Å². The van der Waals surface area contributed by atoms with Crippen LogP contribution in [0.25, 0.3) is 0 Å². The Bertz CT molecular complexity index is 737. The summed E-state index contributed by atoms with van der Waals surface area (Å²) in [5, 5.41) is 20.6. The number of carbonyl (C=O) groups excluding carboxylic acids is 2. The highest BCUT2D eigenvalue weighted by Gasteiger charge is 2.61. The van der Waals surface area contributed by atoms with Gasteiger partial charge < -0.3 is 10.2 Å². The summed E-state index contributed by atoms with van der Waals surface area (Å²) in [4.78, 5) is 38.4. The largest absolute Gasteiger partial charge is 0.504 e. The lowest BCUT2D eigenvalue weighted by molar-refractivity contribution is -0.159. The Kier molecular flexibility index (Phi) is 3.97. The molecule has 0 spiro atoms. The molecule has 0 aromatic carbocycles. The number of aliphatic hydroxyl groups is 1. The lowest BCUT2D eigenvalue weighted by Gasteiger charge is -2.54. The lowest BCUT2D eigenvalue weighted by Crippen LogP contribution is -2.54. The average molecular weight is 346 g/mol. The first kappa shape index (κ1) is 17.9. The van der Waals surface area contributed by atoms with Crippen molar-refractivity contribution >= 4 is 17.5 Å². The Morgan fingerprint density at radius 3 is 2.36 bits per heavy atom. The Morgan fingerprint density at radius 2 is 1.80 bits per heavy atom. The van der Waals surface area contributed by atoms with Gasteiger partial charge in [0.25, 0.3) is 0 Å². The number of hydrogen-bond acceptors (Lipinski definition) is 4. The molecule has 0 saturated heterocycles. The van der Waals surface area contributed by atoms with Gasteiger partial charge in [-0.1, -0.05) is 34.1 Å². The van der Waals surface area contributed by atoms with E-state index in [1.807, 2.05) is 13.8 Å². The molecule has 136 valence electrons. The third-order valence-corrected chi connectivity index (χ3v) is 6.54. The van der Waals surface area contributed by atoms with E-state index >= 15 is 0 Å². The molecular formula is C20H26O5. The standard InChI is InChI=1S/C20H26O5/c1-10(2)13-15(21)11-6-7-12-19(3,4)8-5-9-20(12,18(24)25)14(11)17(23)16(13)22/h10,12,22H,5-9H2,1-4H3,(H,24,25)/t12-,20+/m0/s1. The molecule has 0 aliphatic heterocycles. The highest BCUT2D eigenvalue weighted by atomic mass is 16.4. The SMILES string of the molecule is CC(C)C1=C(O)C(=O)C2=C(CC[C@H]3C(C)(C)CCC[C@]23C(=O)O)C1=O. The molecule has 2 N–H and O–H groups in total. The number of aliphatic carboxylic acids is 1. The van der Waals surface area contributed by atoms with Gasteiger partial charge in [0.15, 0.2) is 11.5 Å². The van der Waals surface area contributed by atoms with Crippen molar-refractivity contribution in [2.75, 3.05) is 0 Å². The molecule has 3 aliphatic rings. The summed E-state index contributed by atoms with van der Waals surface area (Å²) in [6.45, 7) is 7.60. The quantitative estimate of drug-likeness (QED) is 0.746. The van der Waals surface area contributed by atoms with Crippen LogP contribution in [-0.4, -0.2) is 27.7 Å². The van der Waals surface area contributed by atoms with E-state index in [0.717, 1.165) is 6.42 Å². The van der Waals surface area contributed by atoms with Crippen molar-refractivity contribution in [1.29, 1.82) is 0 Å². The number of fused-ring (bicyclic) bond motifs is 2. The zero-order valence-electron chi connectivity index (χ0n) is 15.3. The fraction of sp³-hybridized carbons (Fsp3) is 0.650. The first-order chi connectivity index (χ1) is 11.6. The molecule has 0 unspecified atom stereocenters. The van der Waals surface area contributed by atoms with Crippen LogP contribution in [0.2, 0.25) is 0 Å². The lowest BCUT2D eigenvalue weighted by atomic mass is 9.48. The van der Waals surface area contributed by atoms with E-state index in [2.05, 4.69) is 0 Å². The van der Waals surface area contributed by atoms with Gasteiger partial charge in [-0.15, -0.1) is 0 Å². The Labute approximate surface area is 147 Å². The topological polar surface area (TPSA) is 91.7 Å². The molecule has 0 heterocycles. The number of rotatable bonds is 2. The molecule has 5 nitrogen and oxygen atoms in total. The van der Waals surface area contributed by atoms with Gasteiger partial charge in [-0.05, 0) is 42.9 Å². The van der Waals surface area contributed by atoms with Crippen LogP contribution in [0.3, 0.4) is 0 Å². The summed E-state index contributed by atoms with van der Waals surface area (Å²) in [6.07, 6.45) is 2.93. The van der Waals surface area contributed by atoms with Crippen molar-refractivity contribution in [2.24, 2.45) is 22.7 Å². The first-order valence-electron chi connectivity index (χ1n) is 9.05. The molecule has 0 amide bonds. The number of ketones is 2. The van der Waals surface area contributed by atoms with E-state index in [0.29, 0.717) is 31.3 Å². The Hall–Kier alpha value is -1.91. The van der Waals surface area contributed by atoms with Crippen LogP contribution in [0.5, 0.6) is 0 Å². The summed E-state index contributed by atoms with van der Waals surface area (Å²) in [7, 11) is 0. The monoisotopic (exact) mass is 346 g/mol. The van der Waals surface area contributed by atoms with Crippen LogP contribution < -0.4 is 0 Å². The maximum atomic E-state index is 13.0. The van der Waals surface area contributed by atoms with Crippen LogP contribution in [0, 0.1) is 22.7 Å². The highest BCUT2D eigenvalue weighted by Crippen LogP contribution is 2.61. The minimum atomic E-state index is -1.36. The third kappa shape index (κ3) is 2.24. The number of hydrogen-bond donors (Lipinski definition) is 2. The number of Topliss-reactive ketones (excluding diaryl/α,β-unsaturated/α-hetero) is 2. The van der Waals surface area contributed by atoms with E-state index in [9.17, 15) is 24.6 Å². The van der Waals surface area contributed by atoms with Gasteiger partial charge in [0.2, 0.25) is 5.78 Å². The second-order valence-corrected chi connectivity index (χ2v) is 8.64. The molecule has 2 atom stereocenters. The van der Waals surface area contributed by atoms with Gasteiger partial charge in [-0.3, -0.25) is 14.4 Å². The van der Waals surface area contributed by atoms with E-state index in [4.69, 9.17) is 0 Å². The molecule has 0 bridgehead atoms. The zero-order chi connectivity index (χ0) is 18.7. The summed E-state index contributed by atoms with van der Waals surface area (Å²) in [6, 6.07) is 0. The average Bonchev–Trinajstić information content (AvgIpc) is 2.51.